The Morgan fingerprint density at radius 2 is 1.60 bits per heavy atom. The van der Waals surface area contributed by atoms with Crippen molar-refractivity contribution in [3.63, 3.8) is 0 Å². The molecular formula is C11H18NO2Sn+. The molecule has 1 aromatic carbocycles. The van der Waals surface area contributed by atoms with Crippen LogP contribution in [0.3, 0.4) is 0 Å². The molecule has 0 aromatic heterocycles. The van der Waals surface area contributed by atoms with E-state index in [2.05, 4.69) is 21.1 Å². The van der Waals surface area contributed by atoms with Gasteiger partial charge in [0.2, 0.25) is 0 Å². The number of hydrogen-bond donors (Lipinski definition) is 0. The monoisotopic (exact) mass is 316 g/mol. The summed E-state index contributed by atoms with van der Waals surface area (Å²) in [6.45, 7) is 0. The van der Waals surface area contributed by atoms with Crippen LogP contribution in [0.5, 0.6) is 11.5 Å². The Morgan fingerprint density at radius 1 is 1.00 bits per heavy atom. The number of nitrogens with zero attached hydrogens (tertiary/aromatic N) is 1. The molecule has 3 nitrogen and oxygen atoms in total. The van der Waals surface area contributed by atoms with Crippen LogP contribution in [0, 0.1) is 0 Å². The fourth-order valence-corrected chi connectivity index (χ4v) is 1.34. The Labute approximate surface area is 109 Å². The van der Waals surface area contributed by atoms with E-state index in [4.69, 9.17) is 9.47 Å². The van der Waals surface area contributed by atoms with E-state index >= 15 is 0 Å². The van der Waals surface area contributed by atoms with Crippen LogP contribution >= 0.6 is 0 Å². The second-order valence-corrected chi connectivity index (χ2v) is 4.05. The Bertz CT molecular complexity index is 321. The third-order valence-corrected chi connectivity index (χ3v) is 2.11. The predicted molar refractivity (Wildman–Crippen MR) is 64.9 cm³/mol. The fraction of sp³-hybridized carbons (Fsp3) is 0.455. The summed E-state index contributed by atoms with van der Waals surface area (Å²) in [5, 5.41) is 0. The van der Waals surface area contributed by atoms with Crippen LogP contribution in [0.1, 0.15) is 0 Å². The maximum absolute atomic E-state index is 5.32. The second-order valence-electron chi connectivity index (χ2n) is 4.05. The molecule has 0 unspecified atom stereocenters. The van der Waals surface area contributed by atoms with Gasteiger partial charge in [-0.05, 0) is 6.07 Å². The van der Waals surface area contributed by atoms with Gasteiger partial charge in [-0.25, -0.2) is 0 Å². The minimum atomic E-state index is 0. The van der Waals surface area contributed by atoms with Crippen molar-refractivity contribution >= 4 is 29.6 Å². The van der Waals surface area contributed by atoms with Crippen molar-refractivity contribution in [1.82, 2.24) is 4.48 Å². The largest absolute Gasteiger partial charge is 0.497 e. The van der Waals surface area contributed by atoms with E-state index in [1.54, 1.807) is 14.2 Å². The maximum Gasteiger partial charge on any atom is 0.183 e. The molecule has 0 atom stereocenters. The average molecular weight is 315 g/mol. The van der Waals surface area contributed by atoms with Gasteiger partial charge in [-0.15, -0.1) is 0 Å². The molecule has 15 heavy (non-hydrogen) atoms. The molecule has 4 heteroatoms. The molecule has 0 heterocycles. The summed E-state index contributed by atoms with van der Waals surface area (Å²) in [6.07, 6.45) is 0. The van der Waals surface area contributed by atoms with Crippen molar-refractivity contribution in [2.45, 2.75) is 0 Å². The number of hydrogen-bond acceptors (Lipinski definition) is 2. The molecule has 0 saturated heterocycles. The Balaban J connectivity index is 0.00000196. The number of rotatable bonds is 3. The summed E-state index contributed by atoms with van der Waals surface area (Å²) in [5.41, 5.74) is 1.13. The van der Waals surface area contributed by atoms with Gasteiger partial charge in [-0.1, -0.05) is 0 Å². The molecule has 0 aliphatic carbocycles. The Morgan fingerprint density at radius 3 is 2.00 bits per heavy atom. The molecule has 0 fully saturated rings. The SMILES string of the molecule is COc1ccc([N+](C)(C)C)c(OC)c1.[Sn]. The van der Waals surface area contributed by atoms with E-state index in [0.717, 1.165) is 21.7 Å². The fourth-order valence-electron chi connectivity index (χ4n) is 1.34. The zero-order valence-electron chi connectivity index (χ0n) is 10.00. The minimum Gasteiger partial charge on any atom is -0.497 e. The van der Waals surface area contributed by atoms with E-state index in [1.165, 1.54) is 0 Å². The number of methoxy groups -OCH3 is 2. The zero-order chi connectivity index (χ0) is 10.8. The summed E-state index contributed by atoms with van der Waals surface area (Å²) >= 11 is 0. The van der Waals surface area contributed by atoms with Crippen molar-refractivity contribution in [2.24, 2.45) is 0 Å². The molecule has 0 bridgehead atoms. The van der Waals surface area contributed by atoms with Crippen LogP contribution in [-0.4, -0.2) is 59.3 Å². The number of quaternary nitrogens is 1. The topological polar surface area (TPSA) is 18.5 Å². The number of ether oxygens (including phenoxy) is 2. The van der Waals surface area contributed by atoms with Gasteiger partial charge in [0.05, 0.1) is 35.4 Å². The Hall–Kier alpha value is -0.421. The normalized spacial score (nSPS) is 10.5. The molecule has 1 aromatic rings. The molecule has 0 amide bonds. The van der Waals surface area contributed by atoms with Gasteiger partial charge in [0.15, 0.2) is 11.4 Å². The van der Waals surface area contributed by atoms with E-state index in [-0.39, 0.29) is 23.9 Å². The average Bonchev–Trinajstić information content (AvgIpc) is 2.15. The van der Waals surface area contributed by atoms with Crippen LogP contribution in [-0.2, 0) is 0 Å². The predicted octanol–water partition coefficient (Wildman–Crippen LogP) is 1.52. The summed E-state index contributed by atoms with van der Waals surface area (Å²) in [7, 11) is 9.63. The van der Waals surface area contributed by atoms with Gasteiger partial charge < -0.3 is 9.47 Å². The first-order chi connectivity index (χ1) is 6.49. The summed E-state index contributed by atoms with van der Waals surface area (Å²) in [4.78, 5) is 0. The van der Waals surface area contributed by atoms with E-state index in [0.29, 0.717) is 0 Å². The third-order valence-electron chi connectivity index (χ3n) is 2.11. The molecule has 0 aliphatic rings. The van der Waals surface area contributed by atoms with E-state index in [1.807, 2.05) is 18.2 Å². The zero-order valence-corrected chi connectivity index (χ0v) is 12.8. The van der Waals surface area contributed by atoms with Crippen LogP contribution in [0.4, 0.5) is 5.69 Å². The summed E-state index contributed by atoms with van der Waals surface area (Å²) in [5.74, 6) is 1.68. The Kier molecular flexibility index (Phi) is 5.45. The maximum atomic E-state index is 5.32. The summed E-state index contributed by atoms with van der Waals surface area (Å²) in [6, 6.07) is 5.87. The van der Waals surface area contributed by atoms with Crippen LogP contribution in [0.2, 0.25) is 0 Å². The van der Waals surface area contributed by atoms with Crippen molar-refractivity contribution in [3.05, 3.63) is 18.2 Å². The smallest absolute Gasteiger partial charge is 0.183 e. The molecule has 1 rings (SSSR count). The van der Waals surface area contributed by atoms with Crippen LogP contribution in [0.15, 0.2) is 18.2 Å². The molecular weight excluding hydrogens is 297 g/mol. The first kappa shape index (κ1) is 14.6. The first-order valence-corrected chi connectivity index (χ1v) is 4.53. The molecule has 0 spiro atoms. The number of benzene rings is 1. The first-order valence-electron chi connectivity index (χ1n) is 4.53. The van der Waals surface area contributed by atoms with Crippen molar-refractivity contribution < 1.29 is 9.47 Å². The van der Waals surface area contributed by atoms with Crippen molar-refractivity contribution in [2.75, 3.05) is 35.4 Å². The summed E-state index contributed by atoms with van der Waals surface area (Å²) < 4.78 is 11.2. The standard InChI is InChI=1S/C11H18NO2.Sn/c1-12(2,3)10-7-6-9(13-4)8-11(10)14-5;/h6-8H,1-5H3;/q+1;. The molecule has 4 radical (unpaired) electrons. The van der Waals surface area contributed by atoms with Crippen LogP contribution in [0.25, 0.3) is 0 Å². The van der Waals surface area contributed by atoms with Gasteiger partial charge in [-0.2, -0.15) is 0 Å². The van der Waals surface area contributed by atoms with Gasteiger partial charge in [0.1, 0.15) is 5.75 Å². The molecule has 82 valence electrons. The van der Waals surface area contributed by atoms with Crippen LogP contribution < -0.4 is 14.0 Å². The molecule has 0 saturated carbocycles. The van der Waals surface area contributed by atoms with Gasteiger partial charge in [0.25, 0.3) is 0 Å². The molecule has 0 N–H and O–H groups in total. The second kappa shape index (κ2) is 5.60. The van der Waals surface area contributed by atoms with Crippen molar-refractivity contribution in [3.8, 4) is 11.5 Å². The van der Waals surface area contributed by atoms with Gasteiger partial charge >= 0.3 is 0 Å². The van der Waals surface area contributed by atoms with Crippen molar-refractivity contribution in [1.29, 1.82) is 0 Å². The van der Waals surface area contributed by atoms with Gasteiger partial charge in [0, 0.05) is 36.0 Å². The third kappa shape index (κ3) is 3.57. The van der Waals surface area contributed by atoms with E-state index < -0.39 is 0 Å². The van der Waals surface area contributed by atoms with E-state index in [9.17, 15) is 0 Å². The minimum absolute atomic E-state index is 0. The molecule has 0 aliphatic heterocycles. The quantitative estimate of drug-likeness (QED) is 0.622. The van der Waals surface area contributed by atoms with Gasteiger partial charge in [-0.3, -0.25) is 4.48 Å².